The monoisotopic (exact) mass is 394 g/mol. The minimum absolute atomic E-state index is 0.130. The normalized spacial score (nSPS) is 18.8. The molecule has 6 nitrogen and oxygen atoms in total. The predicted molar refractivity (Wildman–Crippen MR) is 110 cm³/mol. The molecule has 0 aliphatic carbocycles. The van der Waals surface area contributed by atoms with Crippen LogP contribution < -0.4 is 15.0 Å². The zero-order valence-corrected chi connectivity index (χ0v) is 16.4. The van der Waals surface area contributed by atoms with E-state index in [4.69, 9.17) is 9.47 Å². The average Bonchev–Trinajstić information content (AvgIpc) is 3.43. The van der Waals surface area contributed by atoms with Crippen molar-refractivity contribution < 1.29 is 19.1 Å². The van der Waals surface area contributed by atoms with Crippen molar-refractivity contribution in [2.45, 2.75) is 38.3 Å². The van der Waals surface area contributed by atoms with Gasteiger partial charge in [0.05, 0.1) is 6.10 Å². The quantitative estimate of drug-likeness (QED) is 0.782. The lowest BCUT2D eigenvalue weighted by Gasteiger charge is -2.16. The molecule has 2 heterocycles. The molecule has 0 saturated carbocycles. The summed E-state index contributed by atoms with van der Waals surface area (Å²) < 4.78 is 11.3. The first kappa shape index (κ1) is 19.5. The molecule has 6 heteroatoms. The third kappa shape index (κ3) is 4.95. The van der Waals surface area contributed by atoms with Crippen LogP contribution in [0.3, 0.4) is 0 Å². The molecule has 2 aromatic rings. The smallest absolute Gasteiger partial charge is 0.251 e. The van der Waals surface area contributed by atoms with Crippen LogP contribution in [0.4, 0.5) is 5.69 Å². The number of nitrogens with one attached hydrogen (secondary N) is 1. The Labute approximate surface area is 170 Å². The molecule has 0 spiro atoms. The molecule has 0 unspecified atom stereocenters. The van der Waals surface area contributed by atoms with E-state index in [1.807, 2.05) is 41.3 Å². The molecular weight excluding hydrogens is 368 g/mol. The van der Waals surface area contributed by atoms with Crippen LogP contribution in [0.2, 0.25) is 0 Å². The first-order valence-corrected chi connectivity index (χ1v) is 10.2. The Morgan fingerprint density at radius 3 is 2.55 bits per heavy atom. The second kappa shape index (κ2) is 9.09. The molecule has 0 bridgehead atoms. The highest BCUT2D eigenvalue weighted by atomic mass is 16.5. The molecule has 152 valence electrons. The van der Waals surface area contributed by atoms with E-state index in [2.05, 4.69) is 5.32 Å². The molecule has 1 atom stereocenters. The number of anilines is 1. The van der Waals surface area contributed by atoms with E-state index < -0.39 is 0 Å². The highest BCUT2D eigenvalue weighted by molar-refractivity contribution is 5.95. The topological polar surface area (TPSA) is 67.9 Å². The van der Waals surface area contributed by atoms with E-state index in [1.165, 1.54) is 0 Å². The molecule has 0 aromatic heterocycles. The van der Waals surface area contributed by atoms with E-state index in [0.717, 1.165) is 49.4 Å². The van der Waals surface area contributed by atoms with Crippen LogP contribution in [-0.2, 0) is 16.1 Å². The number of carbonyl (C=O) groups is 2. The summed E-state index contributed by atoms with van der Waals surface area (Å²) in [5.74, 6) is 0.785. The lowest BCUT2D eigenvalue weighted by Crippen LogP contribution is -2.24. The summed E-state index contributed by atoms with van der Waals surface area (Å²) >= 11 is 0. The van der Waals surface area contributed by atoms with E-state index >= 15 is 0 Å². The summed E-state index contributed by atoms with van der Waals surface area (Å²) in [6.45, 7) is 2.57. The van der Waals surface area contributed by atoms with Gasteiger partial charge in [-0.2, -0.15) is 0 Å². The molecule has 0 radical (unpaired) electrons. The van der Waals surface area contributed by atoms with Gasteiger partial charge in [-0.25, -0.2) is 0 Å². The number of ether oxygens (including phenoxy) is 2. The van der Waals surface area contributed by atoms with Gasteiger partial charge in [0.25, 0.3) is 5.91 Å². The lowest BCUT2D eigenvalue weighted by atomic mass is 10.1. The van der Waals surface area contributed by atoms with Gasteiger partial charge in [0, 0.05) is 37.4 Å². The Morgan fingerprint density at radius 2 is 1.90 bits per heavy atom. The average molecular weight is 394 g/mol. The van der Waals surface area contributed by atoms with Gasteiger partial charge in [-0.15, -0.1) is 0 Å². The van der Waals surface area contributed by atoms with E-state index in [0.29, 0.717) is 25.1 Å². The van der Waals surface area contributed by atoms with Gasteiger partial charge in [0.1, 0.15) is 12.4 Å². The van der Waals surface area contributed by atoms with E-state index in [1.54, 1.807) is 12.1 Å². The number of rotatable bonds is 7. The predicted octanol–water partition coefficient (Wildman–Crippen LogP) is 3.30. The van der Waals surface area contributed by atoms with Gasteiger partial charge in [-0.3, -0.25) is 9.59 Å². The molecule has 2 fully saturated rings. The standard InChI is InChI=1S/C23H26N2O4/c26-22-4-1-13-25(22)19-9-5-17(6-10-19)15-24-23(27)18-7-11-20(12-8-18)29-16-21-3-2-14-28-21/h5-12,21H,1-4,13-16H2,(H,24,27)/t21-/m1/s1. The fourth-order valence-electron chi connectivity index (χ4n) is 3.67. The highest BCUT2D eigenvalue weighted by Crippen LogP contribution is 2.21. The summed E-state index contributed by atoms with van der Waals surface area (Å²) in [7, 11) is 0. The summed E-state index contributed by atoms with van der Waals surface area (Å²) in [5.41, 5.74) is 2.50. The molecule has 2 saturated heterocycles. The van der Waals surface area contributed by atoms with Crippen molar-refractivity contribution in [2.75, 3.05) is 24.7 Å². The maximum Gasteiger partial charge on any atom is 0.251 e. The van der Waals surface area contributed by atoms with Crippen LogP contribution in [0.15, 0.2) is 48.5 Å². The number of hydrogen-bond acceptors (Lipinski definition) is 4. The molecule has 2 aliphatic heterocycles. The van der Waals surface area contributed by atoms with Crippen molar-refractivity contribution in [1.82, 2.24) is 5.32 Å². The number of nitrogens with zero attached hydrogens (tertiary/aromatic N) is 1. The molecule has 1 N–H and O–H groups in total. The SMILES string of the molecule is O=C(NCc1ccc(N2CCCC2=O)cc1)c1ccc(OC[C@H]2CCCO2)cc1. The Balaban J connectivity index is 1.26. The van der Waals surface area contributed by atoms with Crippen molar-refractivity contribution in [2.24, 2.45) is 0 Å². The Kier molecular flexibility index (Phi) is 6.10. The number of carbonyl (C=O) groups excluding carboxylic acids is 2. The van der Waals surface area contributed by atoms with Crippen molar-refractivity contribution >= 4 is 17.5 Å². The first-order chi connectivity index (χ1) is 14.2. The number of benzene rings is 2. The fraction of sp³-hybridized carbons (Fsp3) is 0.391. The maximum atomic E-state index is 12.4. The van der Waals surface area contributed by atoms with Crippen LogP contribution in [0.25, 0.3) is 0 Å². The minimum Gasteiger partial charge on any atom is -0.491 e. The van der Waals surface area contributed by atoms with Gasteiger partial charge in [-0.1, -0.05) is 12.1 Å². The minimum atomic E-state index is -0.130. The van der Waals surface area contributed by atoms with Crippen LogP contribution in [0, 0.1) is 0 Å². The maximum absolute atomic E-state index is 12.4. The third-order valence-corrected chi connectivity index (χ3v) is 5.35. The second-order valence-corrected chi connectivity index (χ2v) is 7.47. The van der Waals surface area contributed by atoms with Gasteiger partial charge in [0.2, 0.25) is 5.91 Å². The first-order valence-electron chi connectivity index (χ1n) is 10.2. The van der Waals surface area contributed by atoms with Gasteiger partial charge in [0.15, 0.2) is 0 Å². The van der Waals surface area contributed by atoms with Crippen molar-refractivity contribution in [3.63, 3.8) is 0 Å². The molecule has 2 aromatic carbocycles. The number of hydrogen-bond donors (Lipinski definition) is 1. The zero-order chi connectivity index (χ0) is 20.1. The van der Waals surface area contributed by atoms with Crippen molar-refractivity contribution in [3.8, 4) is 5.75 Å². The van der Waals surface area contributed by atoms with Gasteiger partial charge < -0.3 is 19.7 Å². The summed E-state index contributed by atoms with van der Waals surface area (Å²) in [4.78, 5) is 26.0. The largest absolute Gasteiger partial charge is 0.491 e. The van der Waals surface area contributed by atoms with Crippen LogP contribution in [-0.4, -0.2) is 37.7 Å². The Hall–Kier alpha value is -2.86. The van der Waals surface area contributed by atoms with Gasteiger partial charge in [-0.05, 0) is 61.2 Å². The lowest BCUT2D eigenvalue weighted by molar-refractivity contribution is -0.117. The summed E-state index contributed by atoms with van der Waals surface area (Å²) in [6, 6.07) is 14.9. The highest BCUT2D eigenvalue weighted by Gasteiger charge is 2.21. The summed E-state index contributed by atoms with van der Waals surface area (Å²) in [5, 5.41) is 2.93. The molecular formula is C23H26N2O4. The third-order valence-electron chi connectivity index (χ3n) is 5.35. The molecule has 4 rings (SSSR count). The fourth-order valence-corrected chi connectivity index (χ4v) is 3.67. The zero-order valence-electron chi connectivity index (χ0n) is 16.4. The van der Waals surface area contributed by atoms with Crippen molar-refractivity contribution in [3.05, 3.63) is 59.7 Å². The Bertz CT molecular complexity index is 842. The Morgan fingerprint density at radius 1 is 1.10 bits per heavy atom. The van der Waals surface area contributed by atoms with Gasteiger partial charge >= 0.3 is 0 Å². The molecule has 2 amide bonds. The van der Waals surface area contributed by atoms with E-state index in [-0.39, 0.29) is 17.9 Å². The van der Waals surface area contributed by atoms with Crippen LogP contribution >= 0.6 is 0 Å². The molecule has 29 heavy (non-hydrogen) atoms. The second-order valence-electron chi connectivity index (χ2n) is 7.47. The van der Waals surface area contributed by atoms with Crippen LogP contribution in [0.1, 0.15) is 41.6 Å². The summed E-state index contributed by atoms with van der Waals surface area (Å²) in [6.07, 6.45) is 3.83. The van der Waals surface area contributed by atoms with Crippen molar-refractivity contribution in [1.29, 1.82) is 0 Å². The van der Waals surface area contributed by atoms with E-state index in [9.17, 15) is 9.59 Å². The number of amides is 2. The van der Waals surface area contributed by atoms with Crippen LogP contribution in [0.5, 0.6) is 5.75 Å². The molecule has 2 aliphatic rings.